The predicted octanol–water partition coefficient (Wildman–Crippen LogP) is 1.28. The Labute approximate surface area is 211 Å². The van der Waals surface area contributed by atoms with Gasteiger partial charge in [0.05, 0.1) is 30.4 Å². The summed E-state index contributed by atoms with van der Waals surface area (Å²) in [6.45, 7) is 5.65. The third-order valence-corrected chi connectivity index (χ3v) is 8.56. The van der Waals surface area contributed by atoms with Gasteiger partial charge in [-0.25, -0.2) is 17.9 Å². The molecule has 12 heteroatoms. The maximum Gasteiger partial charge on any atom is 0.328 e. The number of hydrogen-bond donors (Lipinski definition) is 4. The van der Waals surface area contributed by atoms with E-state index >= 15 is 0 Å². The van der Waals surface area contributed by atoms with E-state index in [1.54, 1.807) is 18.3 Å². The van der Waals surface area contributed by atoms with Crippen LogP contribution >= 0.6 is 0 Å². The fraction of sp³-hybridized carbons (Fsp3) is 0.542. The summed E-state index contributed by atoms with van der Waals surface area (Å²) in [5.41, 5.74) is 0.982. The number of nitrogens with one attached hydrogen (secondary N) is 4. The summed E-state index contributed by atoms with van der Waals surface area (Å²) in [6.07, 6.45) is 4.62. The lowest BCUT2D eigenvalue weighted by Gasteiger charge is -2.33. The summed E-state index contributed by atoms with van der Waals surface area (Å²) in [4.78, 5) is 38.5. The number of nitrogens with zero attached hydrogens (tertiary/aromatic N) is 1. The molecular formula is C24H33N5O6S. The van der Waals surface area contributed by atoms with Gasteiger partial charge in [0.2, 0.25) is 12.3 Å². The van der Waals surface area contributed by atoms with Gasteiger partial charge in [-0.1, -0.05) is 13.0 Å². The zero-order valence-electron chi connectivity index (χ0n) is 20.5. The monoisotopic (exact) mass is 519 g/mol. The molecule has 2 fully saturated rings. The molecule has 2 atom stereocenters. The number of sulfonamides is 1. The summed E-state index contributed by atoms with van der Waals surface area (Å²) < 4.78 is 34.4. The molecule has 0 radical (unpaired) electrons. The summed E-state index contributed by atoms with van der Waals surface area (Å²) in [7, 11) is -4.25. The van der Waals surface area contributed by atoms with Crippen LogP contribution in [-0.2, 0) is 24.3 Å². The highest BCUT2D eigenvalue weighted by molar-refractivity contribution is 7.90. The Hall–Kier alpha value is -3.12. The number of benzene rings is 1. The SMILES string of the molecule is CCC1(CC(NC=O)c2ccc(N3CCOCC3)c(S(=O)(=O)NC(=O)NC3CC3)c2)C(=O)NC=C1C. The number of urea groups is 1. The van der Waals surface area contributed by atoms with Crippen molar-refractivity contribution in [2.45, 2.75) is 56.5 Å². The summed E-state index contributed by atoms with van der Waals surface area (Å²) in [5.74, 6) is -0.156. The number of hydrogen-bond acceptors (Lipinski definition) is 7. The minimum Gasteiger partial charge on any atom is -0.378 e. The van der Waals surface area contributed by atoms with Gasteiger partial charge in [-0.2, -0.15) is 0 Å². The molecule has 1 aromatic carbocycles. The second-order valence-corrected chi connectivity index (χ2v) is 11.1. The maximum absolute atomic E-state index is 13.4. The largest absolute Gasteiger partial charge is 0.378 e. The molecule has 4 N–H and O–H groups in total. The normalized spacial score (nSPS) is 22.9. The van der Waals surface area contributed by atoms with Crippen molar-refractivity contribution in [2.75, 3.05) is 31.2 Å². The Morgan fingerprint density at radius 3 is 2.61 bits per heavy atom. The molecule has 3 aliphatic rings. The Kier molecular flexibility index (Phi) is 7.55. The van der Waals surface area contributed by atoms with Crippen LogP contribution in [-0.4, -0.2) is 59.1 Å². The second kappa shape index (κ2) is 10.5. The number of amides is 4. The number of ether oxygens (including phenoxy) is 1. The smallest absolute Gasteiger partial charge is 0.328 e. The van der Waals surface area contributed by atoms with Crippen LogP contribution in [0.5, 0.6) is 0 Å². The lowest BCUT2D eigenvalue weighted by molar-refractivity contribution is -0.128. The number of carbonyl (C=O) groups excluding carboxylic acids is 3. The van der Waals surface area contributed by atoms with Crippen molar-refractivity contribution in [2.24, 2.45) is 5.41 Å². The van der Waals surface area contributed by atoms with Gasteiger partial charge in [-0.3, -0.25) is 9.59 Å². The van der Waals surface area contributed by atoms with Crippen molar-refractivity contribution in [1.82, 2.24) is 20.7 Å². The first-order chi connectivity index (χ1) is 17.2. The molecule has 1 aliphatic carbocycles. The topological polar surface area (TPSA) is 146 Å². The van der Waals surface area contributed by atoms with Crippen molar-refractivity contribution in [3.05, 3.63) is 35.5 Å². The molecule has 2 aliphatic heterocycles. The number of morpholine rings is 1. The van der Waals surface area contributed by atoms with Gasteiger partial charge in [0, 0.05) is 25.3 Å². The minimum atomic E-state index is -4.25. The molecule has 0 bridgehead atoms. The molecule has 2 heterocycles. The maximum atomic E-state index is 13.4. The molecule has 36 heavy (non-hydrogen) atoms. The van der Waals surface area contributed by atoms with Crippen LogP contribution in [0.25, 0.3) is 0 Å². The third-order valence-electron chi connectivity index (χ3n) is 7.20. The fourth-order valence-electron chi connectivity index (χ4n) is 4.82. The first-order valence-corrected chi connectivity index (χ1v) is 13.7. The van der Waals surface area contributed by atoms with E-state index < -0.39 is 27.5 Å². The Morgan fingerprint density at radius 2 is 2.03 bits per heavy atom. The van der Waals surface area contributed by atoms with Gasteiger partial charge in [0.1, 0.15) is 4.90 Å². The van der Waals surface area contributed by atoms with Gasteiger partial charge >= 0.3 is 6.03 Å². The van der Waals surface area contributed by atoms with Crippen molar-refractivity contribution >= 4 is 34.1 Å². The van der Waals surface area contributed by atoms with Gasteiger partial charge in [0.25, 0.3) is 10.0 Å². The van der Waals surface area contributed by atoms with Crippen LogP contribution in [0.4, 0.5) is 10.5 Å². The first kappa shape index (κ1) is 26.0. The van der Waals surface area contributed by atoms with Gasteiger partial charge in [-0.05, 0) is 55.9 Å². The second-order valence-electron chi connectivity index (χ2n) is 9.46. The predicted molar refractivity (Wildman–Crippen MR) is 133 cm³/mol. The molecule has 4 amide bonds. The lowest BCUT2D eigenvalue weighted by atomic mass is 9.73. The van der Waals surface area contributed by atoms with E-state index in [0.717, 1.165) is 18.4 Å². The van der Waals surface area contributed by atoms with E-state index in [1.807, 2.05) is 18.7 Å². The fourth-order valence-corrected chi connectivity index (χ4v) is 5.99. The highest BCUT2D eigenvalue weighted by atomic mass is 32.2. The molecule has 1 saturated carbocycles. The Morgan fingerprint density at radius 1 is 1.31 bits per heavy atom. The third kappa shape index (κ3) is 5.34. The summed E-state index contributed by atoms with van der Waals surface area (Å²) >= 11 is 0. The van der Waals surface area contributed by atoms with Crippen molar-refractivity contribution < 1.29 is 27.5 Å². The van der Waals surface area contributed by atoms with E-state index in [4.69, 9.17) is 4.74 Å². The number of carbonyl (C=O) groups is 3. The first-order valence-electron chi connectivity index (χ1n) is 12.2. The van der Waals surface area contributed by atoms with Crippen molar-refractivity contribution in [3.63, 3.8) is 0 Å². The van der Waals surface area contributed by atoms with Crippen LogP contribution in [0.2, 0.25) is 0 Å². The van der Waals surface area contributed by atoms with Gasteiger partial charge < -0.3 is 25.6 Å². The quantitative estimate of drug-likeness (QED) is 0.341. The standard InChI is InChI=1S/C24H33N5O6S/c1-3-24(16(2)14-25-22(24)31)13-19(26-15-30)17-4-7-20(29-8-10-35-11-9-29)21(12-17)36(33,34)28-23(32)27-18-5-6-18/h4,7,12,14-15,18-19H,3,5-6,8-11,13H2,1-2H3,(H,25,31)(H,26,30)(H2,27,28,32). The lowest BCUT2D eigenvalue weighted by Crippen LogP contribution is -2.42. The Balaban J connectivity index is 1.71. The van der Waals surface area contributed by atoms with Crippen LogP contribution < -0.4 is 25.6 Å². The number of anilines is 1. The minimum absolute atomic E-state index is 0.00879. The molecule has 11 nitrogen and oxygen atoms in total. The highest BCUT2D eigenvalue weighted by Gasteiger charge is 2.44. The van der Waals surface area contributed by atoms with E-state index in [2.05, 4.69) is 20.7 Å². The van der Waals surface area contributed by atoms with Crippen LogP contribution in [0.1, 0.15) is 51.1 Å². The zero-order valence-corrected chi connectivity index (χ0v) is 21.3. The van der Waals surface area contributed by atoms with Crippen LogP contribution in [0.15, 0.2) is 34.9 Å². The molecule has 0 spiro atoms. The van der Waals surface area contributed by atoms with Crippen molar-refractivity contribution in [3.8, 4) is 0 Å². The van der Waals surface area contributed by atoms with Crippen LogP contribution in [0.3, 0.4) is 0 Å². The molecule has 1 saturated heterocycles. The highest BCUT2D eigenvalue weighted by Crippen LogP contribution is 2.43. The van der Waals surface area contributed by atoms with E-state index in [-0.39, 0.29) is 23.3 Å². The average molecular weight is 520 g/mol. The molecule has 0 aromatic heterocycles. The van der Waals surface area contributed by atoms with E-state index in [0.29, 0.717) is 50.4 Å². The van der Waals surface area contributed by atoms with E-state index in [1.165, 1.54) is 6.07 Å². The summed E-state index contributed by atoms with van der Waals surface area (Å²) in [5, 5.41) is 8.15. The molecule has 2 unspecified atom stereocenters. The number of rotatable bonds is 10. The van der Waals surface area contributed by atoms with Gasteiger partial charge in [0.15, 0.2) is 0 Å². The average Bonchev–Trinajstić information content (AvgIpc) is 3.63. The molecule has 1 aromatic rings. The Bertz CT molecular complexity index is 1160. The summed E-state index contributed by atoms with van der Waals surface area (Å²) in [6, 6.07) is 3.50. The zero-order chi connectivity index (χ0) is 25.9. The van der Waals surface area contributed by atoms with Crippen molar-refractivity contribution in [1.29, 1.82) is 0 Å². The molecular weight excluding hydrogens is 486 g/mol. The van der Waals surface area contributed by atoms with E-state index in [9.17, 15) is 22.8 Å². The molecule has 4 rings (SSSR count). The van der Waals surface area contributed by atoms with Crippen LogP contribution in [0, 0.1) is 5.41 Å². The van der Waals surface area contributed by atoms with Gasteiger partial charge in [-0.15, -0.1) is 0 Å². The molecule has 196 valence electrons.